The molecule has 3 saturated heterocycles. The van der Waals surface area contributed by atoms with E-state index in [2.05, 4.69) is 25.4 Å². The molecule has 26 heavy (non-hydrogen) atoms. The number of piperidine rings is 3. The van der Waals surface area contributed by atoms with Crippen LogP contribution >= 0.6 is 0 Å². The first-order chi connectivity index (χ1) is 12.8. The maximum Gasteiger partial charge on any atom is 0.270 e. The van der Waals surface area contributed by atoms with Crippen LogP contribution < -0.4 is 5.32 Å². The van der Waals surface area contributed by atoms with E-state index in [4.69, 9.17) is 0 Å². The Hall–Kier alpha value is -2.73. The first-order valence-electron chi connectivity index (χ1n) is 9.22. The number of rotatable bonds is 3. The number of nitrogens with one attached hydrogen (secondary N) is 2. The summed E-state index contributed by atoms with van der Waals surface area (Å²) in [5.74, 6) is 0.515. The molecule has 0 saturated carbocycles. The molecule has 3 aliphatic rings. The molecule has 0 spiro atoms. The first-order valence-corrected chi connectivity index (χ1v) is 9.22. The minimum atomic E-state index is -0.0829. The Kier molecular flexibility index (Phi) is 3.71. The molecule has 132 valence electrons. The van der Waals surface area contributed by atoms with E-state index in [1.54, 1.807) is 0 Å². The third-order valence-corrected chi connectivity index (χ3v) is 5.69. The van der Waals surface area contributed by atoms with Gasteiger partial charge in [-0.1, -0.05) is 30.3 Å². The van der Waals surface area contributed by atoms with Crippen LogP contribution in [-0.2, 0) is 0 Å². The molecule has 0 aliphatic carbocycles. The van der Waals surface area contributed by atoms with Gasteiger partial charge in [0.05, 0.1) is 11.1 Å². The number of pyridine rings is 1. The molecule has 6 rings (SSSR count). The molecule has 1 aromatic carbocycles. The minimum absolute atomic E-state index is 0.0829. The van der Waals surface area contributed by atoms with Crippen molar-refractivity contribution in [1.29, 1.82) is 0 Å². The molecule has 1 atom stereocenters. The van der Waals surface area contributed by atoms with E-state index in [1.165, 1.54) is 12.8 Å². The maximum atomic E-state index is 12.8. The summed E-state index contributed by atoms with van der Waals surface area (Å²) >= 11 is 0. The Morgan fingerprint density at radius 2 is 1.92 bits per heavy atom. The summed E-state index contributed by atoms with van der Waals surface area (Å²) in [5, 5.41) is 11.1. The van der Waals surface area contributed by atoms with Gasteiger partial charge in [0, 0.05) is 18.2 Å². The molecule has 1 amide bonds. The number of fused-ring (bicyclic) bond motifs is 4. The van der Waals surface area contributed by atoms with E-state index in [9.17, 15) is 4.79 Å². The molecule has 3 fully saturated rings. The lowest BCUT2D eigenvalue weighted by molar-refractivity contribution is 0.0618. The zero-order valence-corrected chi connectivity index (χ0v) is 14.5. The topological polar surface area (TPSA) is 73.9 Å². The number of amides is 1. The molecule has 5 heterocycles. The van der Waals surface area contributed by atoms with Crippen LogP contribution in [0, 0.1) is 5.92 Å². The van der Waals surface area contributed by atoms with Crippen molar-refractivity contribution in [3.63, 3.8) is 0 Å². The van der Waals surface area contributed by atoms with Crippen LogP contribution in [0.25, 0.3) is 22.3 Å². The third-order valence-electron chi connectivity index (χ3n) is 5.69. The average molecular weight is 347 g/mol. The highest BCUT2D eigenvalue weighted by atomic mass is 16.2. The van der Waals surface area contributed by atoms with E-state index in [0.29, 0.717) is 17.3 Å². The van der Waals surface area contributed by atoms with Gasteiger partial charge < -0.3 is 10.2 Å². The smallest absolute Gasteiger partial charge is 0.270 e. The van der Waals surface area contributed by atoms with Crippen molar-refractivity contribution in [2.75, 3.05) is 19.6 Å². The molecule has 2 N–H and O–H groups in total. The second kappa shape index (κ2) is 6.21. The lowest BCUT2D eigenvalue weighted by atomic mass is 9.84. The molecule has 3 aliphatic heterocycles. The van der Waals surface area contributed by atoms with Crippen LogP contribution in [0.3, 0.4) is 0 Å². The van der Waals surface area contributed by atoms with Crippen molar-refractivity contribution in [2.24, 2.45) is 5.92 Å². The largest absolute Gasteiger partial charge is 0.346 e. The fourth-order valence-electron chi connectivity index (χ4n) is 4.21. The Morgan fingerprint density at radius 3 is 2.65 bits per heavy atom. The summed E-state index contributed by atoms with van der Waals surface area (Å²) in [6.07, 6.45) is 2.35. The Morgan fingerprint density at radius 1 is 1.12 bits per heavy atom. The van der Waals surface area contributed by atoms with Gasteiger partial charge in [-0.3, -0.25) is 9.89 Å². The number of hydrogen-bond donors (Lipinski definition) is 2. The number of aromatic nitrogens is 3. The second-order valence-corrected chi connectivity index (χ2v) is 7.25. The Balaban J connectivity index is 1.40. The summed E-state index contributed by atoms with van der Waals surface area (Å²) < 4.78 is 0. The Bertz CT molecular complexity index is 943. The van der Waals surface area contributed by atoms with E-state index >= 15 is 0 Å². The van der Waals surface area contributed by atoms with Gasteiger partial charge >= 0.3 is 0 Å². The van der Waals surface area contributed by atoms with Gasteiger partial charge in [-0.15, -0.1) is 0 Å². The lowest BCUT2D eigenvalue weighted by Crippen LogP contribution is -2.57. The number of nitrogens with zero attached hydrogens (tertiary/aromatic N) is 3. The highest BCUT2D eigenvalue weighted by molar-refractivity contribution is 6.04. The van der Waals surface area contributed by atoms with Crippen molar-refractivity contribution >= 4 is 16.9 Å². The molecular formula is C20H21N5O. The summed E-state index contributed by atoms with van der Waals surface area (Å²) in [6.45, 7) is 3.28. The zero-order valence-electron chi connectivity index (χ0n) is 14.5. The van der Waals surface area contributed by atoms with Crippen LogP contribution in [0.5, 0.6) is 0 Å². The molecule has 2 bridgehead atoms. The first kappa shape index (κ1) is 15.5. The standard InChI is InChI=1S/C20H21N5O/c26-20(22-17-12-25-10-8-14(17)9-11-25)18-15-6-7-16(21-19(15)24-23-18)13-4-2-1-3-5-13/h1-7,14,17H,8-12H2,(H,22,26)(H,21,23,24). The predicted octanol–water partition coefficient (Wildman–Crippen LogP) is 2.45. The number of benzene rings is 1. The highest BCUT2D eigenvalue weighted by Gasteiger charge is 2.35. The van der Waals surface area contributed by atoms with E-state index in [-0.39, 0.29) is 11.9 Å². The third kappa shape index (κ3) is 2.66. The van der Waals surface area contributed by atoms with Gasteiger partial charge in [0.2, 0.25) is 0 Å². The van der Waals surface area contributed by atoms with Crippen molar-refractivity contribution in [3.8, 4) is 11.3 Å². The highest BCUT2D eigenvalue weighted by Crippen LogP contribution is 2.28. The molecule has 0 radical (unpaired) electrons. The number of aromatic amines is 1. The molecule has 1 unspecified atom stereocenters. The van der Waals surface area contributed by atoms with Crippen LogP contribution in [0.2, 0.25) is 0 Å². The molecule has 6 nitrogen and oxygen atoms in total. The van der Waals surface area contributed by atoms with Gasteiger partial charge in [-0.05, 0) is 44.0 Å². The van der Waals surface area contributed by atoms with Crippen LogP contribution in [0.15, 0.2) is 42.5 Å². The molecule has 6 heteroatoms. The van der Waals surface area contributed by atoms with Crippen molar-refractivity contribution in [3.05, 3.63) is 48.2 Å². The van der Waals surface area contributed by atoms with Crippen LogP contribution in [0.1, 0.15) is 23.3 Å². The maximum absolute atomic E-state index is 12.8. The van der Waals surface area contributed by atoms with Crippen LogP contribution in [0.4, 0.5) is 0 Å². The summed E-state index contributed by atoms with van der Waals surface area (Å²) in [6, 6.07) is 14.1. The van der Waals surface area contributed by atoms with Crippen LogP contribution in [-0.4, -0.2) is 51.7 Å². The summed E-state index contributed by atoms with van der Waals surface area (Å²) in [7, 11) is 0. The summed E-state index contributed by atoms with van der Waals surface area (Å²) in [5.41, 5.74) is 2.97. The second-order valence-electron chi connectivity index (χ2n) is 7.25. The number of carbonyl (C=O) groups is 1. The van der Waals surface area contributed by atoms with Gasteiger partial charge in [0.25, 0.3) is 5.91 Å². The average Bonchev–Trinajstić information content (AvgIpc) is 3.13. The normalized spacial score (nSPS) is 24.7. The lowest BCUT2D eigenvalue weighted by Gasteiger charge is -2.44. The monoisotopic (exact) mass is 347 g/mol. The Labute approximate surface area is 151 Å². The number of hydrogen-bond acceptors (Lipinski definition) is 4. The van der Waals surface area contributed by atoms with Gasteiger partial charge in [0.1, 0.15) is 5.69 Å². The van der Waals surface area contributed by atoms with E-state index in [0.717, 1.165) is 36.3 Å². The van der Waals surface area contributed by atoms with E-state index in [1.807, 2.05) is 42.5 Å². The van der Waals surface area contributed by atoms with E-state index < -0.39 is 0 Å². The minimum Gasteiger partial charge on any atom is -0.346 e. The van der Waals surface area contributed by atoms with Crippen molar-refractivity contribution in [1.82, 2.24) is 25.4 Å². The fourth-order valence-corrected chi connectivity index (χ4v) is 4.21. The van der Waals surface area contributed by atoms with Crippen molar-refractivity contribution in [2.45, 2.75) is 18.9 Å². The van der Waals surface area contributed by atoms with Gasteiger partial charge in [-0.25, -0.2) is 4.98 Å². The number of carbonyl (C=O) groups excluding carboxylic acids is 1. The number of H-pyrrole nitrogens is 1. The summed E-state index contributed by atoms with van der Waals surface area (Å²) in [4.78, 5) is 19.8. The predicted molar refractivity (Wildman–Crippen MR) is 99.7 cm³/mol. The molecular weight excluding hydrogens is 326 g/mol. The van der Waals surface area contributed by atoms with Gasteiger partial charge in [-0.2, -0.15) is 5.10 Å². The molecule has 2 aromatic heterocycles. The van der Waals surface area contributed by atoms with Gasteiger partial charge in [0.15, 0.2) is 5.65 Å². The SMILES string of the molecule is O=C(NC1CN2CCC1CC2)c1[nH]nc2nc(-c3ccccc3)ccc12. The van der Waals surface area contributed by atoms with Crippen molar-refractivity contribution < 1.29 is 4.79 Å². The fraction of sp³-hybridized carbons (Fsp3) is 0.350. The quantitative estimate of drug-likeness (QED) is 0.763. The molecule has 3 aromatic rings. The zero-order chi connectivity index (χ0) is 17.5.